The summed E-state index contributed by atoms with van der Waals surface area (Å²) in [7, 11) is 0. The van der Waals surface area contributed by atoms with E-state index in [1.165, 1.54) is 63.5 Å². The van der Waals surface area contributed by atoms with E-state index in [9.17, 15) is 9.18 Å². The molecule has 2 rings (SSSR count). The summed E-state index contributed by atoms with van der Waals surface area (Å²) < 4.78 is 13.8. The maximum atomic E-state index is 13.8. The normalized spacial score (nSPS) is 21.3. The van der Waals surface area contributed by atoms with Crippen LogP contribution in [0, 0.1) is 17.7 Å². The molecule has 0 atom stereocenters. The Morgan fingerprint density at radius 3 is 2.35 bits per heavy atom. The number of carbonyl (C=O) groups excluding carboxylic acids is 1. The fraction of sp³-hybridized carbons (Fsp3) is 0.650. The average molecular weight is 339 g/mol. The topological polar surface area (TPSA) is 17.1 Å². The third-order valence-corrected chi connectivity index (χ3v) is 5.47. The number of rotatable bonds is 8. The van der Waals surface area contributed by atoms with Crippen molar-refractivity contribution in [2.75, 3.05) is 0 Å². The highest BCUT2D eigenvalue weighted by Gasteiger charge is 2.20. The van der Waals surface area contributed by atoms with Gasteiger partial charge in [-0.3, -0.25) is 4.79 Å². The number of benzene rings is 1. The van der Waals surface area contributed by atoms with Gasteiger partial charge < -0.3 is 0 Å². The fourth-order valence-corrected chi connectivity index (χ4v) is 3.89. The van der Waals surface area contributed by atoms with Crippen LogP contribution in [-0.2, 0) is 6.42 Å². The van der Waals surface area contributed by atoms with Gasteiger partial charge in [-0.2, -0.15) is 0 Å². The standard InChI is InChI=1S/C20H28ClFO/c1-2-3-4-5-15-6-8-16(9-7-15)10-11-17-12-13-18(20(21)23)19(22)14-17/h12-16H,2-11H2,1H3. The highest BCUT2D eigenvalue weighted by molar-refractivity contribution is 6.67. The van der Waals surface area contributed by atoms with E-state index >= 15 is 0 Å². The lowest BCUT2D eigenvalue weighted by Crippen LogP contribution is -2.15. The van der Waals surface area contributed by atoms with E-state index in [0.717, 1.165) is 30.2 Å². The first kappa shape index (κ1) is 18.4. The highest BCUT2D eigenvalue weighted by Crippen LogP contribution is 2.34. The largest absolute Gasteiger partial charge is 0.275 e. The molecule has 1 aromatic rings. The first-order valence-electron chi connectivity index (χ1n) is 9.08. The summed E-state index contributed by atoms with van der Waals surface area (Å²) in [5.41, 5.74) is 0.942. The molecule has 128 valence electrons. The molecule has 0 unspecified atom stereocenters. The first-order chi connectivity index (χ1) is 11.1. The lowest BCUT2D eigenvalue weighted by Gasteiger charge is -2.28. The molecule has 0 bridgehead atoms. The molecule has 1 aliphatic carbocycles. The van der Waals surface area contributed by atoms with Gasteiger partial charge in [0.25, 0.3) is 5.24 Å². The molecule has 0 amide bonds. The van der Waals surface area contributed by atoms with Crippen molar-refractivity contribution in [3.8, 4) is 0 Å². The Morgan fingerprint density at radius 1 is 1.13 bits per heavy atom. The molecule has 1 aromatic carbocycles. The van der Waals surface area contributed by atoms with Gasteiger partial charge >= 0.3 is 0 Å². The Balaban J connectivity index is 1.73. The number of unbranched alkanes of at least 4 members (excludes halogenated alkanes) is 2. The van der Waals surface area contributed by atoms with E-state index in [2.05, 4.69) is 6.92 Å². The SMILES string of the molecule is CCCCCC1CCC(CCc2ccc(C(=O)Cl)c(F)c2)CC1. The van der Waals surface area contributed by atoms with Crippen LogP contribution in [-0.4, -0.2) is 5.24 Å². The van der Waals surface area contributed by atoms with Crippen LogP contribution in [0.15, 0.2) is 18.2 Å². The van der Waals surface area contributed by atoms with Crippen molar-refractivity contribution in [2.45, 2.75) is 71.1 Å². The van der Waals surface area contributed by atoms with Crippen molar-refractivity contribution in [3.05, 3.63) is 35.1 Å². The molecular weight excluding hydrogens is 311 g/mol. The number of halogens is 2. The average Bonchev–Trinajstić information content (AvgIpc) is 2.54. The predicted octanol–water partition coefficient (Wildman–Crippen LogP) is 6.52. The second-order valence-electron chi connectivity index (χ2n) is 7.01. The Morgan fingerprint density at radius 2 is 1.78 bits per heavy atom. The van der Waals surface area contributed by atoms with E-state index in [1.54, 1.807) is 0 Å². The van der Waals surface area contributed by atoms with E-state index in [0.29, 0.717) is 0 Å². The number of aryl methyl sites for hydroxylation is 1. The van der Waals surface area contributed by atoms with Gasteiger partial charge in [-0.05, 0) is 54.0 Å². The maximum absolute atomic E-state index is 13.8. The molecule has 0 N–H and O–H groups in total. The van der Waals surface area contributed by atoms with Crippen LogP contribution >= 0.6 is 11.6 Å². The fourth-order valence-electron chi connectivity index (χ4n) is 3.74. The third-order valence-electron chi connectivity index (χ3n) is 5.27. The second kappa shape index (κ2) is 9.42. The lowest BCUT2D eigenvalue weighted by atomic mass is 9.78. The van der Waals surface area contributed by atoms with E-state index < -0.39 is 11.1 Å². The summed E-state index contributed by atoms with van der Waals surface area (Å²) >= 11 is 5.34. The van der Waals surface area contributed by atoms with Crippen LogP contribution in [0.2, 0.25) is 0 Å². The zero-order valence-corrected chi connectivity index (χ0v) is 14.9. The summed E-state index contributed by atoms with van der Waals surface area (Å²) in [6.07, 6.45) is 12.8. The van der Waals surface area contributed by atoms with Gasteiger partial charge in [-0.25, -0.2) is 4.39 Å². The minimum atomic E-state index is -0.726. The first-order valence-corrected chi connectivity index (χ1v) is 9.46. The summed E-state index contributed by atoms with van der Waals surface area (Å²) in [4.78, 5) is 11.0. The molecule has 0 spiro atoms. The molecule has 0 radical (unpaired) electrons. The second-order valence-corrected chi connectivity index (χ2v) is 7.35. The zero-order valence-electron chi connectivity index (χ0n) is 14.1. The van der Waals surface area contributed by atoms with Gasteiger partial charge in [0.05, 0.1) is 5.56 Å². The van der Waals surface area contributed by atoms with Crippen molar-refractivity contribution in [3.63, 3.8) is 0 Å². The van der Waals surface area contributed by atoms with Crippen LogP contribution in [0.4, 0.5) is 4.39 Å². The molecule has 1 nitrogen and oxygen atoms in total. The summed E-state index contributed by atoms with van der Waals surface area (Å²) in [5.74, 6) is 1.21. The molecule has 0 aromatic heterocycles. The van der Waals surface area contributed by atoms with Crippen molar-refractivity contribution >= 4 is 16.8 Å². The Labute approximate surface area is 144 Å². The molecular formula is C20H28ClFO. The van der Waals surface area contributed by atoms with Crippen LogP contribution in [0.5, 0.6) is 0 Å². The van der Waals surface area contributed by atoms with Crippen LogP contribution in [0.1, 0.15) is 80.6 Å². The monoisotopic (exact) mass is 338 g/mol. The van der Waals surface area contributed by atoms with Crippen molar-refractivity contribution < 1.29 is 9.18 Å². The molecule has 0 heterocycles. The van der Waals surface area contributed by atoms with Crippen LogP contribution in [0.3, 0.4) is 0 Å². The van der Waals surface area contributed by atoms with Gasteiger partial charge in [-0.1, -0.05) is 64.4 Å². The molecule has 23 heavy (non-hydrogen) atoms. The van der Waals surface area contributed by atoms with Gasteiger partial charge in [0.15, 0.2) is 0 Å². The molecule has 0 aliphatic heterocycles. The quantitative estimate of drug-likeness (QED) is 0.389. The summed E-state index contributed by atoms with van der Waals surface area (Å²) in [6.45, 7) is 2.26. The number of hydrogen-bond acceptors (Lipinski definition) is 1. The Bertz CT molecular complexity index is 506. The van der Waals surface area contributed by atoms with Gasteiger partial charge in [0.2, 0.25) is 0 Å². The smallest absolute Gasteiger partial charge is 0.255 e. The summed E-state index contributed by atoms with van der Waals surface area (Å²) in [6, 6.07) is 4.80. The van der Waals surface area contributed by atoms with E-state index in [1.807, 2.05) is 6.07 Å². The molecule has 1 fully saturated rings. The third kappa shape index (κ3) is 5.91. The highest BCUT2D eigenvalue weighted by atomic mass is 35.5. The molecule has 1 saturated carbocycles. The number of hydrogen-bond donors (Lipinski definition) is 0. The maximum Gasteiger partial charge on any atom is 0.255 e. The van der Waals surface area contributed by atoms with Crippen LogP contribution < -0.4 is 0 Å². The lowest BCUT2D eigenvalue weighted by molar-refractivity contribution is 0.107. The molecule has 3 heteroatoms. The number of carbonyl (C=O) groups is 1. The van der Waals surface area contributed by atoms with Crippen molar-refractivity contribution in [1.29, 1.82) is 0 Å². The van der Waals surface area contributed by atoms with E-state index in [4.69, 9.17) is 11.6 Å². The molecule has 1 aliphatic rings. The van der Waals surface area contributed by atoms with Crippen molar-refractivity contribution in [2.24, 2.45) is 11.8 Å². The van der Waals surface area contributed by atoms with E-state index in [-0.39, 0.29) is 5.56 Å². The minimum absolute atomic E-state index is 0.0250. The van der Waals surface area contributed by atoms with Gasteiger partial charge in [0, 0.05) is 0 Å². The Kier molecular flexibility index (Phi) is 7.55. The van der Waals surface area contributed by atoms with Gasteiger partial charge in [0.1, 0.15) is 5.82 Å². The minimum Gasteiger partial charge on any atom is -0.275 e. The Hall–Kier alpha value is -0.890. The van der Waals surface area contributed by atoms with Gasteiger partial charge in [-0.15, -0.1) is 0 Å². The molecule has 0 saturated heterocycles. The zero-order chi connectivity index (χ0) is 16.7. The summed E-state index contributed by atoms with van der Waals surface area (Å²) in [5, 5.41) is -0.726. The van der Waals surface area contributed by atoms with Crippen molar-refractivity contribution in [1.82, 2.24) is 0 Å². The predicted molar refractivity (Wildman–Crippen MR) is 94.5 cm³/mol. The van der Waals surface area contributed by atoms with Crippen LogP contribution in [0.25, 0.3) is 0 Å².